The number of halogens is 4. The lowest BCUT2D eigenvalue weighted by Crippen LogP contribution is -2.30. The van der Waals surface area contributed by atoms with Gasteiger partial charge in [0.15, 0.2) is 0 Å². The summed E-state index contributed by atoms with van der Waals surface area (Å²) < 4.78 is 65.7. The summed E-state index contributed by atoms with van der Waals surface area (Å²) in [6, 6.07) is 4.81. The highest BCUT2D eigenvalue weighted by atomic mass is 32.2. The Morgan fingerprint density at radius 2 is 1.82 bits per heavy atom. The highest BCUT2D eigenvalue weighted by Crippen LogP contribution is 2.37. The number of rotatable bonds is 7. The molecule has 0 unspecified atom stereocenters. The molecule has 0 atom stereocenters. The maximum atomic E-state index is 15.0. The second kappa shape index (κ2) is 11.8. The molecule has 2 aliphatic rings. The van der Waals surface area contributed by atoms with E-state index in [9.17, 15) is 13.2 Å². The molecule has 39 heavy (non-hydrogen) atoms. The van der Waals surface area contributed by atoms with E-state index in [4.69, 9.17) is 4.74 Å². The standard InChI is InChI=1S/C27H32F4N6OS/c1-17(2)18-5-9-36(10-6-18)39-21-3-4-24(23(28)13-21)34-26-32-15-22(27(29,30)31)25(35-26)19-14-33-37(16-19)20-7-11-38-12-8-20/h3-4,13-18,20H,5-12H2,1-2H3,(H,32,34,35). The van der Waals surface area contributed by atoms with Gasteiger partial charge in [0.2, 0.25) is 5.95 Å². The predicted octanol–water partition coefficient (Wildman–Crippen LogP) is 6.97. The molecule has 0 aliphatic carbocycles. The summed E-state index contributed by atoms with van der Waals surface area (Å²) in [6.07, 6.45) is 2.69. The van der Waals surface area contributed by atoms with Crippen LogP contribution < -0.4 is 5.32 Å². The van der Waals surface area contributed by atoms with Gasteiger partial charge in [-0.3, -0.25) is 4.68 Å². The largest absolute Gasteiger partial charge is 0.419 e. The number of anilines is 2. The van der Waals surface area contributed by atoms with Gasteiger partial charge in [-0.05, 0) is 67.7 Å². The van der Waals surface area contributed by atoms with Gasteiger partial charge in [0, 0.05) is 49.2 Å². The van der Waals surface area contributed by atoms with E-state index in [1.54, 1.807) is 23.0 Å². The number of hydrogen-bond donors (Lipinski definition) is 1. The van der Waals surface area contributed by atoms with Gasteiger partial charge in [0.25, 0.3) is 0 Å². The fourth-order valence-electron chi connectivity index (χ4n) is 5.04. The Morgan fingerprint density at radius 3 is 2.49 bits per heavy atom. The second-order valence-electron chi connectivity index (χ2n) is 10.4. The average Bonchev–Trinajstić information content (AvgIpc) is 3.41. The van der Waals surface area contributed by atoms with Crippen LogP contribution in [0.4, 0.5) is 29.2 Å². The van der Waals surface area contributed by atoms with Crippen LogP contribution in [0, 0.1) is 17.7 Å². The lowest BCUT2D eigenvalue weighted by Gasteiger charge is -2.32. The van der Waals surface area contributed by atoms with Crippen LogP contribution in [-0.2, 0) is 10.9 Å². The summed E-state index contributed by atoms with van der Waals surface area (Å²) in [4.78, 5) is 8.74. The van der Waals surface area contributed by atoms with Crippen molar-refractivity contribution in [2.24, 2.45) is 11.8 Å². The molecule has 0 spiro atoms. The van der Waals surface area contributed by atoms with Crippen molar-refractivity contribution in [3.05, 3.63) is 48.2 Å². The van der Waals surface area contributed by atoms with E-state index in [0.29, 0.717) is 19.1 Å². The molecule has 2 aromatic heterocycles. The molecule has 3 aromatic rings. The van der Waals surface area contributed by atoms with Crippen molar-refractivity contribution >= 4 is 23.6 Å². The Hall–Kier alpha value is -2.70. The van der Waals surface area contributed by atoms with Gasteiger partial charge in [0.1, 0.15) is 11.4 Å². The van der Waals surface area contributed by atoms with Crippen molar-refractivity contribution in [2.75, 3.05) is 31.6 Å². The molecule has 2 aliphatic heterocycles. The molecule has 0 bridgehead atoms. The monoisotopic (exact) mass is 564 g/mol. The maximum absolute atomic E-state index is 15.0. The molecule has 12 heteroatoms. The van der Waals surface area contributed by atoms with Crippen LogP contribution in [0.5, 0.6) is 0 Å². The quantitative estimate of drug-likeness (QED) is 0.246. The number of alkyl halides is 3. The van der Waals surface area contributed by atoms with Crippen molar-refractivity contribution in [3.63, 3.8) is 0 Å². The third-order valence-electron chi connectivity index (χ3n) is 7.40. The molecule has 210 valence electrons. The number of nitrogens with one attached hydrogen (secondary N) is 1. The first-order valence-electron chi connectivity index (χ1n) is 13.2. The molecular weight excluding hydrogens is 532 g/mol. The lowest BCUT2D eigenvalue weighted by atomic mass is 9.87. The normalized spacial score (nSPS) is 18.1. The maximum Gasteiger partial charge on any atom is 0.419 e. The van der Waals surface area contributed by atoms with E-state index in [1.807, 2.05) is 0 Å². The van der Waals surface area contributed by atoms with Gasteiger partial charge in [0.05, 0.1) is 23.6 Å². The van der Waals surface area contributed by atoms with Crippen LogP contribution in [0.25, 0.3) is 11.3 Å². The molecule has 5 rings (SSSR count). The molecule has 2 fully saturated rings. The van der Waals surface area contributed by atoms with Crippen LogP contribution in [-0.4, -0.2) is 50.4 Å². The van der Waals surface area contributed by atoms with E-state index >= 15 is 4.39 Å². The zero-order valence-electron chi connectivity index (χ0n) is 21.9. The molecule has 1 N–H and O–H groups in total. The summed E-state index contributed by atoms with van der Waals surface area (Å²) in [7, 11) is 0. The predicted molar refractivity (Wildman–Crippen MR) is 142 cm³/mol. The highest BCUT2D eigenvalue weighted by Gasteiger charge is 2.36. The summed E-state index contributed by atoms with van der Waals surface area (Å²) in [5.41, 5.74) is -0.988. The third-order valence-corrected chi connectivity index (χ3v) is 8.49. The molecule has 0 amide bonds. The zero-order valence-corrected chi connectivity index (χ0v) is 22.7. The minimum absolute atomic E-state index is 0.0494. The van der Waals surface area contributed by atoms with Gasteiger partial charge >= 0.3 is 6.18 Å². The Kier molecular flexibility index (Phi) is 8.43. The first kappa shape index (κ1) is 27.9. The van der Waals surface area contributed by atoms with Crippen LogP contribution in [0.3, 0.4) is 0 Å². The van der Waals surface area contributed by atoms with E-state index < -0.39 is 17.6 Å². The average molecular weight is 565 g/mol. The van der Waals surface area contributed by atoms with E-state index in [-0.39, 0.29) is 28.9 Å². The van der Waals surface area contributed by atoms with Crippen LogP contribution in [0.2, 0.25) is 0 Å². The van der Waals surface area contributed by atoms with Crippen molar-refractivity contribution in [1.29, 1.82) is 0 Å². The molecule has 7 nitrogen and oxygen atoms in total. The van der Waals surface area contributed by atoms with Gasteiger partial charge in [-0.15, -0.1) is 0 Å². The Bertz CT molecular complexity index is 1270. The summed E-state index contributed by atoms with van der Waals surface area (Å²) in [6.45, 7) is 7.55. The van der Waals surface area contributed by atoms with Crippen LogP contribution >= 0.6 is 11.9 Å². The molecule has 0 radical (unpaired) electrons. The second-order valence-corrected chi connectivity index (χ2v) is 11.5. The highest BCUT2D eigenvalue weighted by molar-refractivity contribution is 7.97. The van der Waals surface area contributed by atoms with E-state index in [0.717, 1.165) is 55.8 Å². The third kappa shape index (κ3) is 6.72. The Balaban J connectivity index is 1.32. The number of hydrogen-bond acceptors (Lipinski definition) is 7. The number of benzene rings is 1. The van der Waals surface area contributed by atoms with Gasteiger partial charge < -0.3 is 10.1 Å². The minimum atomic E-state index is -4.66. The molecular formula is C27H32F4N6OS. The zero-order chi connectivity index (χ0) is 27.6. The van der Waals surface area contributed by atoms with Crippen molar-refractivity contribution in [2.45, 2.75) is 56.6 Å². The molecule has 0 saturated carbocycles. The fourth-order valence-corrected chi connectivity index (χ4v) is 6.01. The van der Waals surface area contributed by atoms with Gasteiger partial charge in [-0.2, -0.15) is 18.3 Å². The number of nitrogens with zero attached hydrogens (tertiary/aromatic N) is 5. The van der Waals surface area contributed by atoms with Crippen LogP contribution in [0.15, 0.2) is 41.7 Å². The molecule has 2 saturated heterocycles. The summed E-state index contributed by atoms with van der Waals surface area (Å²) in [5.74, 6) is 0.715. The van der Waals surface area contributed by atoms with Gasteiger partial charge in [-0.25, -0.2) is 18.7 Å². The van der Waals surface area contributed by atoms with Crippen molar-refractivity contribution < 1.29 is 22.3 Å². The summed E-state index contributed by atoms with van der Waals surface area (Å²) >= 11 is 1.52. The topological polar surface area (TPSA) is 68.1 Å². The molecule has 4 heterocycles. The van der Waals surface area contributed by atoms with Crippen molar-refractivity contribution in [3.8, 4) is 11.3 Å². The van der Waals surface area contributed by atoms with E-state index in [2.05, 4.69) is 38.5 Å². The molecule has 1 aromatic carbocycles. The fraction of sp³-hybridized carbons (Fsp3) is 0.519. The Labute approximate surface area is 229 Å². The van der Waals surface area contributed by atoms with E-state index in [1.165, 1.54) is 24.2 Å². The lowest BCUT2D eigenvalue weighted by molar-refractivity contribution is -0.137. The Morgan fingerprint density at radius 1 is 1.08 bits per heavy atom. The number of ether oxygens (including phenoxy) is 1. The number of piperidine rings is 1. The van der Waals surface area contributed by atoms with Crippen LogP contribution in [0.1, 0.15) is 51.1 Å². The summed E-state index contributed by atoms with van der Waals surface area (Å²) in [5, 5.41) is 7.03. The van der Waals surface area contributed by atoms with Crippen molar-refractivity contribution in [1.82, 2.24) is 24.1 Å². The van der Waals surface area contributed by atoms with Gasteiger partial charge in [-0.1, -0.05) is 13.8 Å². The SMILES string of the molecule is CC(C)C1CCN(Sc2ccc(Nc3ncc(C(F)(F)F)c(-c4cnn(C5CCOCC5)c4)n3)c(F)c2)CC1. The minimum Gasteiger partial charge on any atom is -0.381 e. The first-order chi connectivity index (χ1) is 18.7. The number of aromatic nitrogens is 4. The first-order valence-corrected chi connectivity index (χ1v) is 14.0. The smallest absolute Gasteiger partial charge is 0.381 e.